The van der Waals surface area contributed by atoms with Crippen LogP contribution in [-0.2, 0) is 4.79 Å². The minimum absolute atomic E-state index is 0.0598. The van der Waals surface area contributed by atoms with Gasteiger partial charge in [0.2, 0.25) is 0 Å². The summed E-state index contributed by atoms with van der Waals surface area (Å²) in [5, 5.41) is 9.07. The van der Waals surface area contributed by atoms with E-state index >= 15 is 0 Å². The van der Waals surface area contributed by atoms with Crippen molar-refractivity contribution >= 4 is 6.29 Å². The molecule has 0 aliphatic carbocycles. The summed E-state index contributed by atoms with van der Waals surface area (Å²) in [5.41, 5.74) is 0. The third-order valence-electron chi connectivity index (χ3n) is 2.07. The predicted molar refractivity (Wildman–Crippen MR) is 42.3 cm³/mol. The molecule has 64 valence electrons. The predicted octanol–water partition coefficient (Wildman–Crippen LogP) is 0.0305. The summed E-state index contributed by atoms with van der Waals surface area (Å²) in [6, 6.07) is 0.0598. The maximum Gasteiger partial charge on any atom is 0.137 e. The van der Waals surface area contributed by atoms with E-state index in [-0.39, 0.29) is 12.1 Å². The van der Waals surface area contributed by atoms with Crippen LogP contribution in [0.15, 0.2) is 0 Å². The van der Waals surface area contributed by atoms with E-state index in [0.717, 1.165) is 25.7 Å². The minimum Gasteiger partial charge on any atom is -0.392 e. The normalized spacial score (nSPS) is 28.7. The molecule has 1 heterocycles. The van der Waals surface area contributed by atoms with E-state index in [1.54, 1.807) is 6.92 Å². The lowest BCUT2D eigenvalue weighted by Gasteiger charge is -2.20. The molecule has 1 aliphatic heterocycles. The van der Waals surface area contributed by atoms with Crippen LogP contribution in [0, 0.1) is 0 Å². The van der Waals surface area contributed by atoms with Gasteiger partial charge in [0.25, 0.3) is 0 Å². The van der Waals surface area contributed by atoms with Gasteiger partial charge in [0.1, 0.15) is 6.29 Å². The number of hydrogen-bond acceptors (Lipinski definition) is 3. The molecule has 0 aromatic heterocycles. The van der Waals surface area contributed by atoms with E-state index < -0.39 is 0 Å². The van der Waals surface area contributed by atoms with Crippen LogP contribution in [0.1, 0.15) is 19.8 Å². The Kier molecular flexibility index (Phi) is 3.02. The van der Waals surface area contributed by atoms with Crippen molar-refractivity contribution in [2.24, 2.45) is 0 Å². The van der Waals surface area contributed by atoms with Crippen molar-refractivity contribution in [3.8, 4) is 0 Å². The first-order valence-electron chi connectivity index (χ1n) is 4.11. The zero-order chi connectivity index (χ0) is 8.27. The maximum atomic E-state index is 10.5. The third-order valence-corrected chi connectivity index (χ3v) is 2.07. The highest BCUT2D eigenvalue weighted by molar-refractivity contribution is 5.58. The van der Waals surface area contributed by atoms with Crippen LogP contribution in [0.4, 0.5) is 0 Å². The van der Waals surface area contributed by atoms with Gasteiger partial charge in [-0.05, 0) is 26.3 Å². The third kappa shape index (κ3) is 2.27. The standard InChI is InChI=1S/C8H15NO2/c1-7(11)5-9-4-2-3-8(9)6-10/h6-8,11H,2-5H2,1H3. The summed E-state index contributed by atoms with van der Waals surface area (Å²) in [4.78, 5) is 12.5. The van der Waals surface area contributed by atoms with Gasteiger partial charge in [-0.15, -0.1) is 0 Å². The number of carbonyl (C=O) groups excluding carboxylic acids is 1. The van der Waals surface area contributed by atoms with Crippen LogP contribution in [0.3, 0.4) is 0 Å². The van der Waals surface area contributed by atoms with Gasteiger partial charge in [-0.2, -0.15) is 0 Å². The lowest BCUT2D eigenvalue weighted by Crippen LogP contribution is -2.35. The van der Waals surface area contributed by atoms with Crippen molar-refractivity contribution < 1.29 is 9.90 Å². The number of nitrogens with zero attached hydrogens (tertiary/aromatic N) is 1. The Hall–Kier alpha value is -0.410. The molecule has 2 atom stereocenters. The van der Waals surface area contributed by atoms with Crippen LogP contribution >= 0.6 is 0 Å². The maximum absolute atomic E-state index is 10.5. The van der Waals surface area contributed by atoms with Gasteiger partial charge in [-0.1, -0.05) is 0 Å². The summed E-state index contributed by atoms with van der Waals surface area (Å²) in [5.74, 6) is 0. The Morgan fingerprint density at radius 2 is 2.55 bits per heavy atom. The highest BCUT2D eigenvalue weighted by Gasteiger charge is 2.24. The molecule has 1 saturated heterocycles. The molecule has 3 nitrogen and oxygen atoms in total. The van der Waals surface area contributed by atoms with Gasteiger partial charge in [-0.25, -0.2) is 0 Å². The van der Waals surface area contributed by atoms with Gasteiger partial charge >= 0.3 is 0 Å². The molecule has 1 aliphatic rings. The monoisotopic (exact) mass is 157 g/mol. The Labute approximate surface area is 67.0 Å². The fraction of sp³-hybridized carbons (Fsp3) is 0.875. The smallest absolute Gasteiger partial charge is 0.137 e. The molecule has 0 saturated carbocycles. The number of aliphatic hydroxyl groups excluding tert-OH is 1. The summed E-state index contributed by atoms with van der Waals surface area (Å²) < 4.78 is 0. The fourth-order valence-corrected chi connectivity index (χ4v) is 1.57. The van der Waals surface area contributed by atoms with Crippen LogP contribution in [0.2, 0.25) is 0 Å². The lowest BCUT2D eigenvalue weighted by molar-refractivity contribution is -0.111. The Morgan fingerprint density at radius 1 is 1.82 bits per heavy atom. The van der Waals surface area contributed by atoms with Crippen LogP contribution < -0.4 is 0 Å². The average molecular weight is 157 g/mol. The topological polar surface area (TPSA) is 40.5 Å². The van der Waals surface area contributed by atoms with Crippen molar-refractivity contribution in [1.82, 2.24) is 4.90 Å². The minimum atomic E-state index is -0.324. The van der Waals surface area contributed by atoms with Crippen LogP contribution in [0.25, 0.3) is 0 Å². The summed E-state index contributed by atoms with van der Waals surface area (Å²) in [6.45, 7) is 3.33. The molecule has 0 aromatic carbocycles. The van der Waals surface area contributed by atoms with Gasteiger partial charge in [0.15, 0.2) is 0 Å². The van der Waals surface area contributed by atoms with Gasteiger partial charge in [-0.3, -0.25) is 4.90 Å². The van der Waals surface area contributed by atoms with Crippen LogP contribution in [0.5, 0.6) is 0 Å². The summed E-state index contributed by atoms with van der Waals surface area (Å²) in [7, 11) is 0. The molecule has 1 rings (SSSR count). The Morgan fingerprint density at radius 3 is 3.09 bits per heavy atom. The van der Waals surface area contributed by atoms with E-state index in [4.69, 9.17) is 5.11 Å². The number of likely N-dealkylation sites (tertiary alicyclic amines) is 1. The molecule has 1 N–H and O–H groups in total. The molecule has 0 aromatic rings. The highest BCUT2D eigenvalue weighted by Crippen LogP contribution is 2.14. The zero-order valence-corrected chi connectivity index (χ0v) is 6.86. The zero-order valence-electron chi connectivity index (χ0n) is 6.86. The van der Waals surface area contributed by atoms with Crippen molar-refractivity contribution in [3.63, 3.8) is 0 Å². The van der Waals surface area contributed by atoms with E-state index in [0.29, 0.717) is 6.54 Å². The molecule has 1 fully saturated rings. The summed E-state index contributed by atoms with van der Waals surface area (Å²) in [6.07, 6.45) is 2.69. The van der Waals surface area contributed by atoms with Crippen molar-refractivity contribution in [3.05, 3.63) is 0 Å². The molecule has 0 bridgehead atoms. The first kappa shape index (κ1) is 8.68. The van der Waals surface area contributed by atoms with E-state index in [9.17, 15) is 4.79 Å². The first-order chi connectivity index (χ1) is 5.24. The molecule has 0 spiro atoms. The molecule has 3 heteroatoms. The molecular weight excluding hydrogens is 142 g/mol. The molecular formula is C8H15NO2. The highest BCUT2D eigenvalue weighted by atomic mass is 16.3. The quantitative estimate of drug-likeness (QED) is 0.588. The lowest BCUT2D eigenvalue weighted by atomic mass is 10.2. The van der Waals surface area contributed by atoms with Crippen molar-refractivity contribution in [2.45, 2.75) is 31.9 Å². The van der Waals surface area contributed by atoms with Gasteiger partial charge < -0.3 is 9.90 Å². The number of aliphatic hydroxyl groups is 1. The Balaban J connectivity index is 2.37. The number of carbonyl (C=O) groups is 1. The first-order valence-corrected chi connectivity index (χ1v) is 4.11. The van der Waals surface area contributed by atoms with E-state index in [2.05, 4.69) is 0 Å². The average Bonchev–Trinajstić information content (AvgIpc) is 2.34. The molecule has 11 heavy (non-hydrogen) atoms. The van der Waals surface area contributed by atoms with Gasteiger partial charge in [0, 0.05) is 6.54 Å². The SMILES string of the molecule is CC(O)CN1CCCC1C=O. The molecule has 2 unspecified atom stereocenters. The molecule has 0 amide bonds. The summed E-state index contributed by atoms with van der Waals surface area (Å²) >= 11 is 0. The van der Waals surface area contributed by atoms with Crippen molar-refractivity contribution in [2.75, 3.05) is 13.1 Å². The van der Waals surface area contributed by atoms with Gasteiger partial charge in [0.05, 0.1) is 12.1 Å². The van der Waals surface area contributed by atoms with Crippen LogP contribution in [-0.4, -0.2) is 41.5 Å². The second kappa shape index (κ2) is 3.83. The second-order valence-electron chi connectivity index (χ2n) is 3.19. The van der Waals surface area contributed by atoms with E-state index in [1.165, 1.54) is 0 Å². The van der Waals surface area contributed by atoms with E-state index in [1.807, 2.05) is 4.90 Å². The number of aldehydes is 1. The number of rotatable bonds is 3. The number of hydrogen-bond donors (Lipinski definition) is 1. The number of β-amino-alcohol motifs (C(OH)–C–C–N with tert-alkyl or cyclic N) is 1. The largest absolute Gasteiger partial charge is 0.392 e. The fourth-order valence-electron chi connectivity index (χ4n) is 1.57. The second-order valence-corrected chi connectivity index (χ2v) is 3.19. The van der Waals surface area contributed by atoms with Crippen molar-refractivity contribution in [1.29, 1.82) is 0 Å². The molecule has 0 radical (unpaired) electrons. The Bertz CT molecular complexity index is 136.